The SMILES string of the molecule is CCC1CN(C)c2cnc(Nc3ccc(C(=O)CCCOC4CCN(C(=O)OC(C)(C)C)CC4)cc3OC)nc2N1C1CCCC1. The van der Waals surface area contributed by atoms with Crippen LogP contribution in [0.5, 0.6) is 5.75 Å². The molecule has 0 radical (unpaired) electrons. The van der Waals surface area contributed by atoms with Crippen LogP contribution >= 0.6 is 0 Å². The molecule has 46 heavy (non-hydrogen) atoms. The monoisotopic (exact) mass is 636 g/mol. The van der Waals surface area contributed by atoms with E-state index in [4.69, 9.17) is 19.2 Å². The average Bonchev–Trinajstić information content (AvgIpc) is 3.57. The summed E-state index contributed by atoms with van der Waals surface area (Å²) < 4.78 is 17.2. The molecule has 3 aliphatic rings. The predicted molar refractivity (Wildman–Crippen MR) is 181 cm³/mol. The molecule has 1 aromatic heterocycles. The maximum absolute atomic E-state index is 13.1. The Kier molecular flexibility index (Phi) is 10.9. The lowest BCUT2D eigenvalue weighted by Crippen LogP contribution is -2.52. The fourth-order valence-electron chi connectivity index (χ4n) is 6.79. The standard InChI is InChI=1S/C35H52N6O5/c1-7-25-23-39(5)29-22-36-33(38-32(29)41(25)26-11-8-9-12-26)37-28-15-14-24(21-31(28)44-6)30(42)13-10-20-45-27-16-18-40(19-17-27)34(43)46-35(2,3)4/h14-15,21-22,25-27H,7-13,16-20,23H2,1-6H3,(H,36,37,38). The van der Waals surface area contributed by atoms with Crippen LogP contribution in [-0.4, -0.2) is 90.9 Å². The molecule has 11 heteroatoms. The molecule has 1 amide bonds. The van der Waals surface area contributed by atoms with Gasteiger partial charge in [-0.1, -0.05) is 19.8 Å². The molecule has 0 bridgehead atoms. The number of aromatic nitrogens is 2. The van der Waals surface area contributed by atoms with Crippen LogP contribution in [0.1, 0.15) is 95.8 Å². The first-order valence-electron chi connectivity index (χ1n) is 17.0. The second kappa shape index (κ2) is 14.9. The molecule has 1 atom stereocenters. The molecule has 11 nitrogen and oxygen atoms in total. The number of benzene rings is 1. The summed E-state index contributed by atoms with van der Waals surface area (Å²) in [6, 6.07) is 6.40. The second-order valence-corrected chi connectivity index (χ2v) is 13.8. The van der Waals surface area contributed by atoms with Crippen molar-refractivity contribution >= 4 is 35.0 Å². The van der Waals surface area contributed by atoms with Gasteiger partial charge in [0.15, 0.2) is 11.6 Å². The highest BCUT2D eigenvalue weighted by atomic mass is 16.6. The fourth-order valence-corrected chi connectivity index (χ4v) is 6.79. The number of likely N-dealkylation sites (tertiary alicyclic amines) is 1. The highest BCUT2D eigenvalue weighted by Gasteiger charge is 2.36. The van der Waals surface area contributed by atoms with Crippen LogP contribution in [0, 0.1) is 0 Å². The van der Waals surface area contributed by atoms with Gasteiger partial charge in [-0.05, 0) is 77.5 Å². The van der Waals surface area contributed by atoms with E-state index in [-0.39, 0.29) is 18.0 Å². The Balaban J connectivity index is 1.14. The average molecular weight is 637 g/mol. The summed E-state index contributed by atoms with van der Waals surface area (Å²) >= 11 is 0. The van der Waals surface area contributed by atoms with Gasteiger partial charge in [0.25, 0.3) is 0 Å². The first-order chi connectivity index (χ1) is 22.1. The third kappa shape index (κ3) is 8.21. The van der Waals surface area contributed by atoms with Crippen LogP contribution in [-0.2, 0) is 9.47 Å². The summed E-state index contributed by atoms with van der Waals surface area (Å²) in [6.07, 6.45) is 10.3. The van der Waals surface area contributed by atoms with Crippen molar-refractivity contribution in [2.24, 2.45) is 0 Å². The van der Waals surface area contributed by atoms with Gasteiger partial charge in [-0.15, -0.1) is 0 Å². The molecule has 5 rings (SSSR count). The topological polar surface area (TPSA) is 109 Å². The smallest absolute Gasteiger partial charge is 0.410 e. The van der Waals surface area contributed by atoms with E-state index in [2.05, 4.69) is 34.1 Å². The minimum absolute atomic E-state index is 0.0408. The summed E-state index contributed by atoms with van der Waals surface area (Å²) in [5.74, 6) is 2.11. The number of rotatable bonds is 11. The number of ether oxygens (including phenoxy) is 3. The molecule has 1 saturated carbocycles. The maximum atomic E-state index is 13.1. The van der Waals surface area contributed by atoms with E-state index in [0.717, 1.165) is 37.3 Å². The zero-order valence-electron chi connectivity index (χ0n) is 28.5. The first kappa shape index (κ1) is 33.8. The number of Topliss-reactive ketones (excluding diaryl/α,β-unsaturated/α-hetero) is 1. The number of piperidine rings is 1. The lowest BCUT2D eigenvalue weighted by atomic mass is 10.0. The lowest BCUT2D eigenvalue weighted by Gasteiger charge is -2.45. The van der Waals surface area contributed by atoms with Gasteiger partial charge in [-0.2, -0.15) is 4.98 Å². The molecule has 1 N–H and O–H groups in total. The van der Waals surface area contributed by atoms with E-state index < -0.39 is 5.60 Å². The molecule has 0 spiro atoms. The van der Waals surface area contributed by atoms with Gasteiger partial charge in [0.2, 0.25) is 5.95 Å². The molecule has 2 fully saturated rings. The van der Waals surface area contributed by atoms with Crippen LogP contribution < -0.4 is 19.9 Å². The van der Waals surface area contributed by atoms with Gasteiger partial charge in [0.1, 0.15) is 11.4 Å². The minimum atomic E-state index is -0.499. The molecular weight excluding hydrogens is 584 g/mol. The third-order valence-electron chi connectivity index (χ3n) is 9.24. The summed E-state index contributed by atoms with van der Waals surface area (Å²) in [4.78, 5) is 41.6. The van der Waals surface area contributed by atoms with E-state index in [1.807, 2.05) is 39.1 Å². The number of carbonyl (C=O) groups is 2. The van der Waals surface area contributed by atoms with E-state index in [1.54, 1.807) is 18.1 Å². The molecule has 1 aromatic carbocycles. The largest absolute Gasteiger partial charge is 0.495 e. The van der Waals surface area contributed by atoms with E-state index >= 15 is 0 Å². The Morgan fingerprint density at radius 3 is 2.50 bits per heavy atom. The molecular formula is C35H52N6O5. The molecule has 2 aromatic rings. The Labute approximate surface area is 274 Å². The van der Waals surface area contributed by atoms with Crippen LogP contribution in [0.25, 0.3) is 0 Å². The highest BCUT2D eigenvalue weighted by Crippen LogP contribution is 2.40. The quantitative estimate of drug-likeness (QED) is 0.214. The Morgan fingerprint density at radius 1 is 1.09 bits per heavy atom. The lowest BCUT2D eigenvalue weighted by molar-refractivity contribution is -0.0119. The number of likely N-dealkylation sites (N-methyl/N-ethyl adjacent to an activating group) is 1. The summed E-state index contributed by atoms with van der Waals surface area (Å²) in [5, 5.41) is 3.35. The zero-order chi connectivity index (χ0) is 32.8. The number of anilines is 4. The number of hydrogen-bond acceptors (Lipinski definition) is 10. The summed E-state index contributed by atoms with van der Waals surface area (Å²) in [6.45, 7) is 10.6. The van der Waals surface area contributed by atoms with Gasteiger partial charge < -0.3 is 34.2 Å². The van der Waals surface area contributed by atoms with Crippen molar-refractivity contribution in [3.05, 3.63) is 30.0 Å². The number of carbonyl (C=O) groups excluding carboxylic acids is 2. The number of nitrogens with zero attached hydrogens (tertiary/aromatic N) is 5. The number of ketones is 1. The highest BCUT2D eigenvalue weighted by molar-refractivity contribution is 5.97. The Morgan fingerprint density at radius 2 is 1.83 bits per heavy atom. The van der Waals surface area contributed by atoms with Crippen molar-refractivity contribution in [3.63, 3.8) is 0 Å². The number of hydrogen-bond donors (Lipinski definition) is 1. The normalized spacial score (nSPS) is 19.3. The van der Waals surface area contributed by atoms with Crippen molar-refractivity contribution < 1.29 is 23.8 Å². The summed E-state index contributed by atoms with van der Waals surface area (Å²) in [5.41, 5.74) is 1.87. The van der Waals surface area contributed by atoms with Gasteiger partial charge in [0, 0.05) is 57.4 Å². The third-order valence-corrected chi connectivity index (χ3v) is 9.24. The number of fused-ring (bicyclic) bond motifs is 1. The Bertz CT molecular complexity index is 1350. The molecule has 252 valence electrons. The van der Waals surface area contributed by atoms with Crippen LogP contribution in [0.4, 0.5) is 27.9 Å². The second-order valence-electron chi connectivity index (χ2n) is 13.8. The van der Waals surface area contributed by atoms with Crippen molar-refractivity contribution in [1.82, 2.24) is 14.9 Å². The molecule has 2 aliphatic heterocycles. The van der Waals surface area contributed by atoms with E-state index in [9.17, 15) is 9.59 Å². The minimum Gasteiger partial charge on any atom is -0.495 e. The van der Waals surface area contributed by atoms with Crippen molar-refractivity contribution in [2.45, 2.75) is 109 Å². The molecule has 1 unspecified atom stereocenters. The predicted octanol–water partition coefficient (Wildman–Crippen LogP) is 6.59. The van der Waals surface area contributed by atoms with Crippen LogP contribution in [0.15, 0.2) is 24.4 Å². The van der Waals surface area contributed by atoms with Gasteiger partial charge >= 0.3 is 6.09 Å². The van der Waals surface area contributed by atoms with Crippen molar-refractivity contribution in [3.8, 4) is 5.75 Å². The molecule has 1 aliphatic carbocycles. The number of nitrogens with one attached hydrogen (secondary N) is 1. The maximum Gasteiger partial charge on any atom is 0.410 e. The molecule has 3 heterocycles. The summed E-state index contributed by atoms with van der Waals surface area (Å²) in [7, 11) is 3.72. The van der Waals surface area contributed by atoms with E-state index in [1.165, 1.54) is 25.7 Å². The van der Waals surface area contributed by atoms with Crippen LogP contribution in [0.3, 0.4) is 0 Å². The van der Waals surface area contributed by atoms with Crippen LogP contribution in [0.2, 0.25) is 0 Å². The van der Waals surface area contributed by atoms with E-state index in [0.29, 0.717) is 67.6 Å². The van der Waals surface area contributed by atoms with Gasteiger partial charge in [0.05, 0.1) is 30.8 Å². The van der Waals surface area contributed by atoms with Crippen molar-refractivity contribution in [2.75, 3.05) is 55.5 Å². The first-order valence-corrected chi connectivity index (χ1v) is 17.0. The van der Waals surface area contributed by atoms with Gasteiger partial charge in [-0.3, -0.25) is 4.79 Å². The number of amides is 1. The van der Waals surface area contributed by atoms with Gasteiger partial charge in [-0.25, -0.2) is 9.78 Å². The zero-order valence-corrected chi connectivity index (χ0v) is 28.5. The number of methoxy groups -OCH3 is 1. The Hall–Kier alpha value is -3.60. The molecule has 1 saturated heterocycles. The fraction of sp³-hybridized carbons (Fsp3) is 0.657. The van der Waals surface area contributed by atoms with Crippen molar-refractivity contribution in [1.29, 1.82) is 0 Å².